The van der Waals surface area contributed by atoms with Crippen LogP contribution in [-0.2, 0) is 17.6 Å². The third kappa shape index (κ3) is 4.51. The molecule has 4 heteroatoms. The lowest BCUT2D eigenvalue weighted by molar-refractivity contribution is -0.125. The number of nitrogens with zero attached hydrogens (tertiary/aromatic N) is 2. The second-order valence-corrected chi connectivity index (χ2v) is 9.71. The molecule has 1 aromatic heterocycles. The van der Waals surface area contributed by atoms with E-state index in [0.29, 0.717) is 24.7 Å². The summed E-state index contributed by atoms with van der Waals surface area (Å²) in [4.78, 5) is 26.1. The molecule has 0 radical (unpaired) electrons. The fourth-order valence-corrected chi connectivity index (χ4v) is 6.12. The molecule has 0 aromatic carbocycles. The summed E-state index contributed by atoms with van der Waals surface area (Å²) < 4.78 is 2.27. The van der Waals surface area contributed by atoms with Gasteiger partial charge in [0.1, 0.15) is 11.5 Å². The topological polar surface area (TPSA) is 52.0 Å². The highest BCUT2D eigenvalue weighted by Gasteiger charge is 2.34. The summed E-state index contributed by atoms with van der Waals surface area (Å²) in [5.74, 6) is 0.928. The molecular weight excluding hydrogens is 360 g/mol. The largest absolute Gasteiger partial charge is 0.299 e. The lowest BCUT2D eigenvalue weighted by Crippen LogP contribution is -2.29. The summed E-state index contributed by atoms with van der Waals surface area (Å²) in [7, 11) is 0. The lowest BCUT2D eigenvalue weighted by Gasteiger charge is -2.30. The fourth-order valence-electron chi connectivity index (χ4n) is 6.12. The number of ketones is 2. The van der Waals surface area contributed by atoms with Crippen LogP contribution in [0.1, 0.15) is 125 Å². The van der Waals surface area contributed by atoms with Gasteiger partial charge in [-0.15, -0.1) is 0 Å². The molecule has 2 saturated carbocycles. The molecule has 0 spiro atoms. The van der Waals surface area contributed by atoms with Crippen LogP contribution in [0, 0.1) is 11.8 Å². The molecule has 0 N–H and O–H groups in total. The van der Waals surface area contributed by atoms with Gasteiger partial charge in [0.05, 0.1) is 6.04 Å². The van der Waals surface area contributed by atoms with Crippen molar-refractivity contribution in [3.63, 3.8) is 0 Å². The molecule has 160 valence electrons. The molecule has 1 heterocycles. The standard InChI is InChI=1S/C25H38N2O2/c1-2-10-23(28)20-14-7-6-11-18(20)17-24(29)25-21-15-8-9-16-22(21)27(26-25)19-12-4-3-5-13-19/h18-20H,2-17H2,1H3/t18-,20-/m1/s1. The van der Waals surface area contributed by atoms with Crippen LogP contribution >= 0.6 is 0 Å². The third-order valence-corrected chi connectivity index (χ3v) is 7.66. The zero-order valence-electron chi connectivity index (χ0n) is 18.3. The van der Waals surface area contributed by atoms with E-state index in [0.717, 1.165) is 50.6 Å². The Hall–Kier alpha value is -1.45. The van der Waals surface area contributed by atoms with E-state index in [2.05, 4.69) is 11.6 Å². The zero-order valence-corrected chi connectivity index (χ0v) is 18.3. The van der Waals surface area contributed by atoms with Crippen LogP contribution in [0.25, 0.3) is 0 Å². The van der Waals surface area contributed by atoms with Gasteiger partial charge in [-0.3, -0.25) is 14.3 Å². The first-order chi connectivity index (χ1) is 14.2. The van der Waals surface area contributed by atoms with Crippen molar-refractivity contribution < 1.29 is 9.59 Å². The second kappa shape index (κ2) is 9.57. The highest BCUT2D eigenvalue weighted by atomic mass is 16.1. The molecule has 3 aliphatic carbocycles. The first-order valence-electron chi connectivity index (χ1n) is 12.3. The van der Waals surface area contributed by atoms with Gasteiger partial charge < -0.3 is 0 Å². The van der Waals surface area contributed by atoms with Gasteiger partial charge in [0.2, 0.25) is 0 Å². The maximum Gasteiger partial charge on any atom is 0.183 e. The predicted octanol–water partition coefficient (Wildman–Crippen LogP) is 6.02. The Morgan fingerprint density at radius 3 is 2.45 bits per heavy atom. The molecule has 0 bridgehead atoms. The monoisotopic (exact) mass is 398 g/mol. The second-order valence-electron chi connectivity index (χ2n) is 9.71. The van der Waals surface area contributed by atoms with Crippen LogP contribution in [-0.4, -0.2) is 21.3 Å². The molecule has 4 nitrogen and oxygen atoms in total. The molecule has 1 aromatic rings. The van der Waals surface area contributed by atoms with Crippen molar-refractivity contribution in [3.05, 3.63) is 17.0 Å². The van der Waals surface area contributed by atoms with E-state index in [1.807, 2.05) is 0 Å². The maximum absolute atomic E-state index is 13.4. The van der Waals surface area contributed by atoms with Crippen LogP contribution in [0.15, 0.2) is 0 Å². The van der Waals surface area contributed by atoms with Gasteiger partial charge >= 0.3 is 0 Å². The van der Waals surface area contributed by atoms with Gasteiger partial charge in [0, 0.05) is 30.0 Å². The van der Waals surface area contributed by atoms with Crippen molar-refractivity contribution in [3.8, 4) is 0 Å². The molecule has 2 fully saturated rings. The smallest absolute Gasteiger partial charge is 0.183 e. The minimum atomic E-state index is 0.101. The van der Waals surface area contributed by atoms with Crippen LogP contribution in [0.3, 0.4) is 0 Å². The Morgan fingerprint density at radius 2 is 1.66 bits per heavy atom. The number of hydrogen-bond acceptors (Lipinski definition) is 3. The van der Waals surface area contributed by atoms with Crippen molar-refractivity contribution >= 4 is 11.6 Å². The average Bonchev–Trinajstić information content (AvgIpc) is 3.15. The molecule has 0 amide bonds. The lowest BCUT2D eigenvalue weighted by atomic mass is 9.73. The summed E-state index contributed by atoms with van der Waals surface area (Å²) in [6.45, 7) is 2.07. The molecule has 4 rings (SSSR count). The fraction of sp³-hybridized carbons (Fsp3) is 0.800. The molecule has 29 heavy (non-hydrogen) atoms. The number of hydrogen-bond donors (Lipinski definition) is 0. The van der Waals surface area contributed by atoms with Crippen molar-refractivity contribution in [2.75, 3.05) is 0 Å². The Kier molecular flexibility index (Phi) is 6.87. The average molecular weight is 399 g/mol. The van der Waals surface area contributed by atoms with E-state index >= 15 is 0 Å². The Bertz CT molecular complexity index is 729. The van der Waals surface area contributed by atoms with E-state index in [1.54, 1.807) is 0 Å². The number of fused-ring (bicyclic) bond motifs is 1. The molecule has 0 aliphatic heterocycles. The first kappa shape index (κ1) is 20.8. The van der Waals surface area contributed by atoms with Gasteiger partial charge in [-0.1, -0.05) is 39.0 Å². The summed E-state index contributed by atoms with van der Waals surface area (Å²) in [6, 6.07) is 0.491. The zero-order chi connectivity index (χ0) is 20.2. The van der Waals surface area contributed by atoms with E-state index in [-0.39, 0.29) is 17.6 Å². The highest BCUT2D eigenvalue weighted by molar-refractivity contribution is 5.96. The van der Waals surface area contributed by atoms with Crippen LogP contribution in [0.4, 0.5) is 0 Å². The van der Waals surface area contributed by atoms with Crippen LogP contribution in [0.2, 0.25) is 0 Å². The van der Waals surface area contributed by atoms with Gasteiger partial charge in [-0.05, 0) is 63.7 Å². The molecule has 0 unspecified atom stereocenters. The first-order valence-corrected chi connectivity index (χ1v) is 12.3. The van der Waals surface area contributed by atoms with E-state index < -0.39 is 0 Å². The van der Waals surface area contributed by atoms with Gasteiger partial charge in [0.15, 0.2) is 5.78 Å². The van der Waals surface area contributed by atoms with Crippen molar-refractivity contribution in [1.29, 1.82) is 0 Å². The van der Waals surface area contributed by atoms with Gasteiger partial charge in [-0.25, -0.2) is 0 Å². The maximum atomic E-state index is 13.4. The Morgan fingerprint density at radius 1 is 0.931 bits per heavy atom. The normalized spacial score (nSPS) is 25.6. The third-order valence-electron chi connectivity index (χ3n) is 7.66. The molecular formula is C25H38N2O2. The van der Waals surface area contributed by atoms with E-state index in [9.17, 15) is 9.59 Å². The quantitative estimate of drug-likeness (QED) is 0.528. The summed E-state index contributed by atoms with van der Waals surface area (Å²) in [5.41, 5.74) is 3.37. The molecule has 2 atom stereocenters. The summed E-state index contributed by atoms with van der Waals surface area (Å²) in [6.07, 6.45) is 17.2. The molecule has 0 saturated heterocycles. The molecule has 3 aliphatic rings. The number of carbonyl (C=O) groups excluding carboxylic acids is 2. The van der Waals surface area contributed by atoms with Crippen molar-refractivity contribution in [2.24, 2.45) is 11.8 Å². The summed E-state index contributed by atoms with van der Waals surface area (Å²) in [5, 5.41) is 4.97. The van der Waals surface area contributed by atoms with Gasteiger partial charge in [0.25, 0.3) is 0 Å². The Labute approximate surface area is 175 Å². The van der Waals surface area contributed by atoms with Crippen molar-refractivity contribution in [1.82, 2.24) is 9.78 Å². The number of aromatic nitrogens is 2. The predicted molar refractivity (Wildman–Crippen MR) is 115 cm³/mol. The van der Waals surface area contributed by atoms with E-state index in [1.165, 1.54) is 56.2 Å². The SMILES string of the molecule is CCCC(=O)[C@@H]1CCCC[C@@H]1CC(=O)c1nn(C2CCCCC2)c2c1CCCC2. The van der Waals surface area contributed by atoms with Gasteiger partial charge in [-0.2, -0.15) is 5.10 Å². The minimum Gasteiger partial charge on any atom is -0.299 e. The highest BCUT2D eigenvalue weighted by Crippen LogP contribution is 2.37. The Balaban J connectivity index is 1.54. The van der Waals surface area contributed by atoms with E-state index in [4.69, 9.17) is 5.10 Å². The number of carbonyl (C=O) groups is 2. The van der Waals surface area contributed by atoms with Crippen molar-refractivity contribution in [2.45, 2.75) is 116 Å². The number of Topliss-reactive ketones (excluding diaryl/α,β-unsaturated/α-hetero) is 2. The van der Waals surface area contributed by atoms with Crippen LogP contribution < -0.4 is 0 Å². The minimum absolute atomic E-state index is 0.101. The number of rotatable bonds is 7. The summed E-state index contributed by atoms with van der Waals surface area (Å²) >= 11 is 0. The van der Waals surface area contributed by atoms with Crippen LogP contribution in [0.5, 0.6) is 0 Å².